The summed E-state index contributed by atoms with van der Waals surface area (Å²) in [4.78, 5) is 14.4. The van der Waals surface area contributed by atoms with Crippen LogP contribution in [0.1, 0.15) is 42.5 Å². The zero-order valence-corrected chi connectivity index (χ0v) is 12.4. The van der Waals surface area contributed by atoms with Gasteiger partial charge in [0.1, 0.15) is 0 Å². The summed E-state index contributed by atoms with van der Waals surface area (Å²) in [5.41, 5.74) is 7.89. The van der Waals surface area contributed by atoms with Crippen LogP contribution in [0.3, 0.4) is 0 Å². The van der Waals surface area contributed by atoms with Gasteiger partial charge in [0.05, 0.1) is 0 Å². The lowest BCUT2D eigenvalue weighted by molar-refractivity contribution is 0.0929. The normalized spacial score (nSPS) is 22.9. The molecule has 4 nitrogen and oxygen atoms in total. The second kappa shape index (κ2) is 6.75. The van der Waals surface area contributed by atoms with E-state index in [0.29, 0.717) is 5.56 Å². The number of nitrogens with two attached hydrogens (primary N) is 1. The van der Waals surface area contributed by atoms with Crippen molar-refractivity contribution in [2.45, 2.75) is 44.2 Å². The van der Waals surface area contributed by atoms with E-state index in [4.69, 9.17) is 5.73 Å². The first-order valence-electron chi connectivity index (χ1n) is 7.42. The maximum atomic E-state index is 12.4. The van der Waals surface area contributed by atoms with Gasteiger partial charge >= 0.3 is 0 Å². The largest absolute Gasteiger partial charge is 0.378 e. The highest BCUT2D eigenvalue weighted by molar-refractivity contribution is 5.95. The number of nitrogens with one attached hydrogen (secondary N) is 1. The molecule has 1 amide bonds. The van der Waals surface area contributed by atoms with Gasteiger partial charge in [-0.25, -0.2) is 0 Å². The van der Waals surface area contributed by atoms with Gasteiger partial charge in [0.2, 0.25) is 0 Å². The lowest BCUT2D eigenvalue weighted by Gasteiger charge is -2.23. The van der Waals surface area contributed by atoms with Crippen LogP contribution in [0.2, 0.25) is 0 Å². The van der Waals surface area contributed by atoms with E-state index < -0.39 is 0 Å². The molecule has 1 aromatic carbocycles. The van der Waals surface area contributed by atoms with Crippen molar-refractivity contribution >= 4 is 11.6 Å². The quantitative estimate of drug-likeness (QED) is 0.831. The van der Waals surface area contributed by atoms with Crippen molar-refractivity contribution in [1.29, 1.82) is 0 Å². The first kappa shape index (κ1) is 14.9. The molecule has 2 rings (SSSR count). The van der Waals surface area contributed by atoms with Crippen molar-refractivity contribution in [1.82, 2.24) is 5.32 Å². The Hall–Kier alpha value is -1.55. The van der Waals surface area contributed by atoms with E-state index in [1.165, 1.54) is 12.8 Å². The van der Waals surface area contributed by atoms with Crippen molar-refractivity contribution < 1.29 is 4.79 Å². The van der Waals surface area contributed by atoms with Gasteiger partial charge in [-0.1, -0.05) is 25.3 Å². The summed E-state index contributed by atoms with van der Waals surface area (Å²) in [6.07, 6.45) is 5.53. The van der Waals surface area contributed by atoms with Crippen LogP contribution in [-0.2, 0) is 0 Å². The third kappa shape index (κ3) is 3.73. The Kier molecular flexibility index (Phi) is 5.01. The number of benzene rings is 1. The Morgan fingerprint density at radius 2 is 2.00 bits per heavy atom. The number of nitrogens with zero attached hydrogens (tertiary/aromatic N) is 1. The molecule has 1 aliphatic rings. The van der Waals surface area contributed by atoms with Crippen molar-refractivity contribution in [3.05, 3.63) is 29.8 Å². The van der Waals surface area contributed by atoms with E-state index in [0.717, 1.165) is 24.9 Å². The first-order chi connectivity index (χ1) is 9.58. The Morgan fingerprint density at radius 1 is 1.25 bits per heavy atom. The minimum absolute atomic E-state index is 0.0175. The highest BCUT2D eigenvalue weighted by Gasteiger charge is 2.22. The van der Waals surface area contributed by atoms with Crippen LogP contribution in [-0.4, -0.2) is 32.1 Å². The van der Waals surface area contributed by atoms with Gasteiger partial charge in [-0.2, -0.15) is 0 Å². The highest BCUT2D eigenvalue weighted by atomic mass is 16.1. The predicted molar refractivity (Wildman–Crippen MR) is 83.1 cm³/mol. The molecule has 2 unspecified atom stereocenters. The molecule has 0 aromatic heterocycles. The number of hydrogen-bond donors (Lipinski definition) is 2. The van der Waals surface area contributed by atoms with Crippen LogP contribution < -0.4 is 16.0 Å². The van der Waals surface area contributed by atoms with Gasteiger partial charge < -0.3 is 16.0 Å². The Labute approximate surface area is 121 Å². The zero-order chi connectivity index (χ0) is 14.5. The average Bonchev–Trinajstić information content (AvgIpc) is 2.64. The molecule has 110 valence electrons. The summed E-state index contributed by atoms with van der Waals surface area (Å²) in [7, 11) is 3.94. The van der Waals surface area contributed by atoms with Crippen LogP contribution in [0.5, 0.6) is 0 Å². The number of carbonyl (C=O) groups excluding carboxylic acids is 1. The van der Waals surface area contributed by atoms with E-state index in [2.05, 4.69) is 5.32 Å². The molecule has 3 N–H and O–H groups in total. The van der Waals surface area contributed by atoms with Gasteiger partial charge in [-0.05, 0) is 31.0 Å². The van der Waals surface area contributed by atoms with Crippen LogP contribution in [0.25, 0.3) is 0 Å². The molecule has 1 aliphatic carbocycles. The van der Waals surface area contributed by atoms with Crippen molar-refractivity contribution in [2.24, 2.45) is 5.73 Å². The lowest BCUT2D eigenvalue weighted by Crippen LogP contribution is -2.46. The molecule has 2 atom stereocenters. The second-order valence-electron chi connectivity index (χ2n) is 5.83. The fraction of sp³-hybridized carbons (Fsp3) is 0.562. The van der Waals surface area contributed by atoms with Gasteiger partial charge in [-0.15, -0.1) is 0 Å². The highest BCUT2D eigenvalue weighted by Crippen LogP contribution is 2.18. The molecule has 20 heavy (non-hydrogen) atoms. The number of hydrogen-bond acceptors (Lipinski definition) is 3. The molecule has 1 saturated carbocycles. The third-order valence-electron chi connectivity index (χ3n) is 4.01. The Balaban J connectivity index is 2.05. The smallest absolute Gasteiger partial charge is 0.251 e. The summed E-state index contributed by atoms with van der Waals surface area (Å²) < 4.78 is 0. The van der Waals surface area contributed by atoms with Crippen molar-refractivity contribution in [2.75, 3.05) is 19.0 Å². The maximum Gasteiger partial charge on any atom is 0.251 e. The van der Waals surface area contributed by atoms with E-state index in [1.807, 2.05) is 43.3 Å². The van der Waals surface area contributed by atoms with Gasteiger partial charge in [0.25, 0.3) is 5.91 Å². The fourth-order valence-electron chi connectivity index (χ4n) is 2.69. The molecule has 0 heterocycles. The van der Waals surface area contributed by atoms with Crippen molar-refractivity contribution in [3.63, 3.8) is 0 Å². The summed E-state index contributed by atoms with van der Waals surface area (Å²) in [5.74, 6) is -0.0175. The van der Waals surface area contributed by atoms with Gasteiger partial charge in [-0.3, -0.25) is 4.79 Å². The first-order valence-corrected chi connectivity index (χ1v) is 7.42. The SMILES string of the molecule is CN(C)c1cccc(C(=O)NC2CCCCCC2N)c1. The molecule has 0 spiro atoms. The molecule has 0 saturated heterocycles. The van der Waals surface area contributed by atoms with Crippen LogP contribution in [0.4, 0.5) is 5.69 Å². The molecule has 0 bridgehead atoms. The van der Waals surface area contributed by atoms with Crippen molar-refractivity contribution in [3.8, 4) is 0 Å². The number of rotatable bonds is 3. The minimum Gasteiger partial charge on any atom is -0.378 e. The second-order valence-corrected chi connectivity index (χ2v) is 5.83. The topological polar surface area (TPSA) is 58.4 Å². The molecule has 1 fully saturated rings. The average molecular weight is 275 g/mol. The van der Waals surface area contributed by atoms with Gasteiger partial charge in [0.15, 0.2) is 0 Å². The minimum atomic E-state index is -0.0175. The molecule has 0 radical (unpaired) electrons. The third-order valence-corrected chi connectivity index (χ3v) is 4.01. The number of amides is 1. The number of carbonyl (C=O) groups is 1. The summed E-state index contributed by atoms with van der Waals surface area (Å²) >= 11 is 0. The molecular formula is C16H25N3O. The Morgan fingerprint density at radius 3 is 2.75 bits per heavy atom. The van der Waals surface area contributed by atoms with E-state index in [9.17, 15) is 4.79 Å². The molecule has 4 heteroatoms. The maximum absolute atomic E-state index is 12.4. The zero-order valence-electron chi connectivity index (χ0n) is 12.4. The summed E-state index contributed by atoms with van der Waals surface area (Å²) in [6, 6.07) is 7.86. The van der Waals surface area contributed by atoms with E-state index in [-0.39, 0.29) is 18.0 Å². The standard InChI is InChI=1S/C16H25N3O/c1-19(2)13-8-6-7-12(11-13)16(20)18-15-10-5-3-4-9-14(15)17/h6-8,11,14-15H,3-5,9-10,17H2,1-2H3,(H,18,20). The predicted octanol–water partition coefficient (Wildman–Crippen LogP) is 2.14. The Bertz CT molecular complexity index is 459. The fourth-order valence-corrected chi connectivity index (χ4v) is 2.69. The summed E-state index contributed by atoms with van der Waals surface area (Å²) in [5, 5.41) is 3.11. The molecule has 0 aliphatic heterocycles. The van der Waals surface area contributed by atoms with E-state index >= 15 is 0 Å². The van der Waals surface area contributed by atoms with Crippen LogP contribution >= 0.6 is 0 Å². The number of anilines is 1. The van der Waals surface area contributed by atoms with Crippen LogP contribution in [0.15, 0.2) is 24.3 Å². The summed E-state index contributed by atoms with van der Waals surface area (Å²) in [6.45, 7) is 0. The lowest BCUT2D eigenvalue weighted by atomic mass is 10.0. The molecule has 1 aromatic rings. The van der Waals surface area contributed by atoms with Crippen LogP contribution in [0, 0.1) is 0 Å². The van der Waals surface area contributed by atoms with Gasteiger partial charge in [0, 0.05) is 37.4 Å². The molecular weight excluding hydrogens is 250 g/mol. The monoisotopic (exact) mass is 275 g/mol. The van der Waals surface area contributed by atoms with E-state index in [1.54, 1.807) is 0 Å².